The number of nitrogens with zero attached hydrogens (tertiary/aromatic N) is 2. The Kier molecular flexibility index (Phi) is 30.2. The van der Waals surface area contributed by atoms with Gasteiger partial charge in [0.15, 0.2) is 17.7 Å². The summed E-state index contributed by atoms with van der Waals surface area (Å²) < 4.78 is 21.2. The van der Waals surface area contributed by atoms with Gasteiger partial charge in [0.1, 0.15) is 19.3 Å². The van der Waals surface area contributed by atoms with E-state index in [9.17, 15) is 52.7 Å². The van der Waals surface area contributed by atoms with Gasteiger partial charge in [-0.2, -0.15) is 0 Å². The van der Waals surface area contributed by atoms with Crippen LogP contribution in [-0.2, 0) is 88.2 Å². The Labute approximate surface area is 559 Å². The fraction of sp³-hybridized carbons (Fsp3) is 0.527. The third kappa shape index (κ3) is 25.9. The second kappa shape index (κ2) is 38.1. The molecule has 0 aromatic heterocycles. The molecule has 4 aromatic rings. The van der Waals surface area contributed by atoms with Gasteiger partial charge in [-0.15, -0.1) is 0 Å². The number of likely N-dealkylation sites (tertiary alicyclic amines) is 2. The van der Waals surface area contributed by atoms with Crippen LogP contribution in [0.15, 0.2) is 121 Å². The van der Waals surface area contributed by atoms with Gasteiger partial charge in [0.25, 0.3) is 0 Å². The third-order valence-corrected chi connectivity index (χ3v) is 16.9. The van der Waals surface area contributed by atoms with E-state index in [1.165, 1.54) is 7.11 Å². The number of ketones is 4. The minimum atomic E-state index is -1.22. The molecule has 3 fully saturated rings. The predicted molar refractivity (Wildman–Crippen MR) is 357 cm³/mol. The lowest BCUT2D eigenvalue weighted by Gasteiger charge is -2.26. The van der Waals surface area contributed by atoms with Gasteiger partial charge in [-0.25, -0.2) is 14.4 Å². The van der Waals surface area contributed by atoms with E-state index in [0.717, 1.165) is 47.9 Å². The Morgan fingerprint density at radius 2 is 0.884 bits per heavy atom. The molecule has 0 saturated carbocycles. The van der Waals surface area contributed by atoms with Gasteiger partial charge < -0.3 is 50.0 Å². The topological polar surface area (TPSA) is 283 Å². The van der Waals surface area contributed by atoms with Crippen LogP contribution in [0.2, 0.25) is 0 Å². The fourth-order valence-corrected chi connectivity index (χ4v) is 11.6. The lowest BCUT2D eigenvalue weighted by Crippen LogP contribution is -2.50. The normalized spacial score (nSPS) is 16.9. The van der Waals surface area contributed by atoms with Crippen LogP contribution in [0.5, 0.6) is 0 Å². The molecule has 21 nitrogen and oxygen atoms in total. The zero-order chi connectivity index (χ0) is 69.0. The van der Waals surface area contributed by atoms with Crippen LogP contribution in [0, 0.1) is 29.1 Å². The number of carbonyl (C=O) groups is 11. The second-order valence-electron chi connectivity index (χ2n) is 26.8. The van der Waals surface area contributed by atoms with Crippen molar-refractivity contribution in [3.05, 3.63) is 144 Å². The molecule has 3 aliphatic heterocycles. The van der Waals surface area contributed by atoms with Crippen molar-refractivity contribution in [1.29, 1.82) is 0 Å². The zero-order valence-electron chi connectivity index (χ0n) is 56.5. The molecule has 0 aliphatic carbocycles. The van der Waals surface area contributed by atoms with E-state index in [1.807, 2.05) is 154 Å². The molecule has 3 aliphatic rings. The molecule has 0 radical (unpaired) electrons. The van der Waals surface area contributed by atoms with Crippen molar-refractivity contribution in [1.82, 2.24) is 31.1 Å². The number of Topliss-reactive ketones (excluding diaryl/α,β-unsaturated/α-hetero) is 4. The molecule has 514 valence electrons. The number of ether oxygens (including phenoxy) is 4. The molecule has 0 bridgehead atoms. The third-order valence-electron chi connectivity index (χ3n) is 16.9. The summed E-state index contributed by atoms with van der Waals surface area (Å²) in [5, 5.41) is 11.2. The first-order valence-electron chi connectivity index (χ1n) is 33.4. The monoisotopic (exact) mass is 1310 g/mol. The summed E-state index contributed by atoms with van der Waals surface area (Å²) in [6.45, 7) is 15.5. The molecule has 0 spiro atoms. The Bertz CT molecular complexity index is 3160. The number of alkyl carbamates (subject to hydrolysis) is 2. The number of carbonyl (C=O) groups excluding carboxylic acids is 11. The summed E-state index contributed by atoms with van der Waals surface area (Å²) >= 11 is 0. The first-order chi connectivity index (χ1) is 45.4. The van der Waals surface area contributed by atoms with Gasteiger partial charge >= 0.3 is 18.2 Å². The Hall–Kier alpha value is -8.59. The first kappa shape index (κ1) is 75.4. The van der Waals surface area contributed by atoms with Gasteiger partial charge in [-0.3, -0.25) is 38.4 Å². The van der Waals surface area contributed by atoms with Crippen LogP contribution in [0.4, 0.5) is 9.59 Å². The maximum atomic E-state index is 14.0. The molecular weight excluding hydrogens is 1210 g/mol. The van der Waals surface area contributed by atoms with Crippen LogP contribution in [0.25, 0.3) is 0 Å². The summed E-state index contributed by atoms with van der Waals surface area (Å²) in [4.78, 5) is 149. The Morgan fingerprint density at radius 1 is 0.505 bits per heavy atom. The summed E-state index contributed by atoms with van der Waals surface area (Å²) in [6, 6.07) is 33.4. The van der Waals surface area contributed by atoms with Gasteiger partial charge in [0.2, 0.25) is 35.2 Å². The van der Waals surface area contributed by atoms with Crippen molar-refractivity contribution >= 4 is 64.9 Å². The lowest BCUT2D eigenvalue weighted by molar-refractivity contribution is -0.144. The Balaban J connectivity index is 0.000000301. The maximum Gasteiger partial charge on any atom is 0.408 e. The van der Waals surface area contributed by atoms with Gasteiger partial charge in [0, 0.05) is 69.1 Å². The highest BCUT2D eigenvalue weighted by atomic mass is 16.6. The summed E-state index contributed by atoms with van der Waals surface area (Å²) in [5.74, 6) is -5.26. The molecule has 2 unspecified atom stereocenters. The van der Waals surface area contributed by atoms with Crippen molar-refractivity contribution in [3.63, 3.8) is 0 Å². The van der Waals surface area contributed by atoms with Gasteiger partial charge in [-0.1, -0.05) is 170 Å². The predicted octanol–water partition coefficient (Wildman–Crippen LogP) is 9.19. The van der Waals surface area contributed by atoms with E-state index in [2.05, 4.69) is 21.3 Å². The number of epoxide rings is 1. The van der Waals surface area contributed by atoms with Crippen LogP contribution >= 0.6 is 0 Å². The average molecular weight is 1310 g/mol. The quantitative estimate of drug-likeness (QED) is 0.0147. The molecule has 4 N–H and O–H groups in total. The van der Waals surface area contributed by atoms with E-state index in [-0.39, 0.29) is 99.8 Å². The van der Waals surface area contributed by atoms with E-state index >= 15 is 0 Å². The second-order valence-corrected chi connectivity index (χ2v) is 26.8. The highest BCUT2D eigenvalue weighted by molar-refractivity contribution is 6.41. The zero-order valence-corrected chi connectivity index (χ0v) is 56.5. The number of methoxy groups -OCH3 is 1. The van der Waals surface area contributed by atoms with E-state index in [0.29, 0.717) is 39.0 Å². The molecule has 21 heteroatoms. The number of hydrogen-bond acceptors (Lipinski definition) is 15. The van der Waals surface area contributed by atoms with Crippen LogP contribution in [-0.4, -0.2) is 144 Å². The van der Waals surface area contributed by atoms with Crippen molar-refractivity contribution in [2.75, 3.05) is 33.3 Å². The number of esters is 1. The van der Waals surface area contributed by atoms with E-state index in [4.69, 9.17) is 18.9 Å². The number of hydrogen-bond donors (Lipinski definition) is 4. The molecule has 8 atom stereocenters. The van der Waals surface area contributed by atoms with Crippen molar-refractivity contribution in [3.8, 4) is 0 Å². The van der Waals surface area contributed by atoms with Crippen molar-refractivity contribution < 1.29 is 71.7 Å². The fourth-order valence-electron chi connectivity index (χ4n) is 11.6. The first-order valence-corrected chi connectivity index (χ1v) is 33.4. The van der Waals surface area contributed by atoms with Gasteiger partial charge in [-0.05, 0) is 98.3 Å². The highest BCUT2D eigenvalue weighted by Crippen LogP contribution is 2.31. The van der Waals surface area contributed by atoms with Crippen molar-refractivity contribution in [2.24, 2.45) is 29.1 Å². The van der Waals surface area contributed by atoms with Crippen LogP contribution in [0.1, 0.15) is 148 Å². The number of amides is 6. The minimum absolute atomic E-state index is 0.00185. The number of benzene rings is 4. The number of rotatable bonds is 34. The van der Waals surface area contributed by atoms with Gasteiger partial charge in [0.05, 0.1) is 31.3 Å². The summed E-state index contributed by atoms with van der Waals surface area (Å²) in [7, 11) is 1.27. The van der Waals surface area contributed by atoms with Crippen LogP contribution in [0.3, 0.4) is 0 Å². The molecule has 7 rings (SSSR count). The molecular formula is C74H98N6O15. The van der Waals surface area contributed by atoms with E-state index < -0.39 is 95.2 Å². The van der Waals surface area contributed by atoms with Crippen LogP contribution < -0.4 is 21.3 Å². The molecule has 6 amide bonds. The summed E-state index contributed by atoms with van der Waals surface area (Å²) in [6.07, 6.45) is 2.09. The number of nitrogens with one attached hydrogen (secondary N) is 4. The highest BCUT2D eigenvalue weighted by Gasteiger charge is 2.52. The summed E-state index contributed by atoms with van der Waals surface area (Å²) in [5.41, 5.74) is 2.31. The molecule has 3 heterocycles. The molecule has 4 aromatic carbocycles. The standard InChI is InChI=1S/C38H51N3O7.C36H47N3O8/c1-26(2)22-31(40-37(47)48-25-28-16-10-7-11-17-28)32(42)24-29(23-27-14-8-6-9-15-27)36(46)39-30(34(44)35(45)38(3,4)5)18-19-33(43)41-20-12-13-21-41;1-24(2)20-29(38-36(44)46-23-26-14-8-5-9-15-26)30(40)22-27(21-25-12-6-4-7-13-25)34(42)37-28(32-33(47-32)35(43)45-3)16-17-31(41)39-18-10-11-19-39/h6-11,14-17,26,29-31H,12-13,18-25H2,1-5H3,(H,39,46)(H,40,47);4-9,12-15,24,27-29,32-33H,10-11,16-23H2,1-3H3,(H,37,42)(H,38,44)/t29-,30+,31+;27-,28-,29+,32?,33?/m11/s1. The lowest BCUT2D eigenvalue weighted by atomic mass is 9.84. The average Bonchev–Trinajstić information content (AvgIpc) is 1.67. The molecule has 3 saturated heterocycles. The largest absolute Gasteiger partial charge is 0.467 e. The Morgan fingerprint density at radius 3 is 1.26 bits per heavy atom. The smallest absolute Gasteiger partial charge is 0.408 e. The van der Waals surface area contributed by atoms with Crippen molar-refractivity contribution in [2.45, 2.75) is 188 Å². The van der Waals surface area contributed by atoms with E-state index in [1.54, 1.807) is 25.7 Å². The maximum absolute atomic E-state index is 14.0. The SMILES string of the molecule is CC(C)C[C@H](NC(=O)OCc1ccccc1)C(=O)C[C@@H](Cc1ccccc1)C(=O)N[C@@H](CCC(=O)N1CCCC1)C(=O)C(=O)C(C)(C)C.COC(=O)C1OC1[C@@H](CCC(=O)N1CCCC1)NC(=O)[C@@H](CC(=O)[C@H](CC(C)C)NC(=O)OCc1ccccc1)Cc1ccccc1. The molecule has 95 heavy (non-hydrogen) atoms. The minimum Gasteiger partial charge on any atom is -0.467 e.